The Kier molecular flexibility index (Phi) is 2.26. The number of aldehydes is 1. The fourth-order valence-electron chi connectivity index (χ4n) is 0.794. The van der Waals surface area contributed by atoms with Crippen LogP contribution >= 0.6 is 0 Å². The number of hydrogen-bond acceptors (Lipinski definition) is 2. The summed E-state index contributed by atoms with van der Waals surface area (Å²) in [5.41, 5.74) is 0. The minimum Gasteiger partial charge on any atom is -0.469 e. The summed E-state index contributed by atoms with van der Waals surface area (Å²) < 4.78 is 5.05. The van der Waals surface area contributed by atoms with Crippen molar-refractivity contribution in [2.45, 2.75) is 13.3 Å². The monoisotopic (exact) mass is 138 g/mol. The highest BCUT2D eigenvalue weighted by Crippen LogP contribution is 2.06. The molecule has 2 heteroatoms. The van der Waals surface area contributed by atoms with Gasteiger partial charge in [-0.05, 0) is 12.1 Å². The third-order valence-corrected chi connectivity index (χ3v) is 1.34. The van der Waals surface area contributed by atoms with Gasteiger partial charge in [-0.1, -0.05) is 6.92 Å². The van der Waals surface area contributed by atoms with Gasteiger partial charge in [-0.25, -0.2) is 0 Å². The van der Waals surface area contributed by atoms with E-state index in [9.17, 15) is 4.79 Å². The molecule has 0 saturated heterocycles. The van der Waals surface area contributed by atoms with Gasteiger partial charge in [0, 0.05) is 12.3 Å². The second-order valence-corrected chi connectivity index (χ2v) is 2.40. The van der Waals surface area contributed by atoms with E-state index in [1.807, 2.05) is 19.1 Å². The van der Waals surface area contributed by atoms with Gasteiger partial charge in [0.2, 0.25) is 0 Å². The Hall–Kier alpha value is -1.05. The maximum Gasteiger partial charge on any atom is 0.123 e. The Labute approximate surface area is 59.8 Å². The second-order valence-electron chi connectivity index (χ2n) is 2.40. The third kappa shape index (κ3) is 1.72. The van der Waals surface area contributed by atoms with E-state index in [0.717, 1.165) is 12.0 Å². The van der Waals surface area contributed by atoms with Crippen LogP contribution in [-0.2, 0) is 11.2 Å². The van der Waals surface area contributed by atoms with E-state index in [-0.39, 0.29) is 5.92 Å². The van der Waals surface area contributed by atoms with Gasteiger partial charge in [0.15, 0.2) is 0 Å². The van der Waals surface area contributed by atoms with Gasteiger partial charge in [0.1, 0.15) is 12.0 Å². The van der Waals surface area contributed by atoms with Crippen LogP contribution in [0, 0.1) is 5.92 Å². The van der Waals surface area contributed by atoms with Gasteiger partial charge in [0.05, 0.1) is 6.26 Å². The molecule has 0 N–H and O–H groups in total. The van der Waals surface area contributed by atoms with Crippen LogP contribution in [0.3, 0.4) is 0 Å². The van der Waals surface area contributed by atoms with Gasteiger partial charge >= 0.3 is 0 Å². The van der Waals surface area contributed by atoms with E-state index in [1.54, 1.807) is 6.26 Å². The van der Waals surface area contributed by atoms with E-state index in [2.05, 4.69) is 0 Å². The van der Waals surface area contributed by atoms with Gasteiger partial charge in [0.25, 0.3) is 0 Å². The highest BCUT2D eigenvalue weighted by molar-refractivity contribution is 5.53. The Balaban J connectivity index is 2.47. The maximum atomic E-state index is 10.2. The molecule has 0 aliphatic rings. The molecule has 0 aliphatic carbocycles. The van der Waals surface area contributed by atoms with Gasteiger partial charge in [-0.2, -0.15) is 0 Å². The fourth-order valence-corrected chi connectivity index (χ4v) is 0.794. The molecule has 1 unspecified atom stereocenters. The van der Waals surface area contributed by atoms with E-state index >= 15 is 0 Å². The molecule has 0 radical (unpaired) electrons. The predicted molar refractivity (Wildman–Crippen MR) is 37.6 cm³/mol. The predicted octanol–water partition coefficient (Wildman–Crippen LogP) is 1.66. The van der Waals surface area contributed by atoms with E-state index < -0.39 is 0 Å². The van der Waals surface area contributed by atoms with Gasteiger partial charge in [-0.15, -0.1) is 0 Å². The molecular weight excluding hydrogens is 128 g/mol. The summed E-state index contributed by atoms with van der Waals surface area (Å²) in [5.74, 6) is 0.936. The normalized spacial score (nSPS) is 12.9. The molecule has 0 aromatic carbocycles. The van der Waals surface area contributed by atoms with Crippen molar-refractivity contribution >= 4 is 6.29 Å². The van der Waals surface area contributed by atoms with Crippen molar-refractivity contribution in [1.29, 1.82) is 0 Å². The van der Waals surface area contributed by atoms with Crippen LogP contribution < -0.4 is 0 Å². The minimum atomic E-state index is 0.0612. The summed E-state index contributed by atoms with van der Waals surface area (Å²) >= 11 is 0. The van der Waals surface area contributed by atoms with E-state index in [1.165, 1.54) is 0 Å². The van der Waals surface area contributed by atoms with Crippen LogP contribution in [0.5, 0.6) is 0 Å². The third-order valence-electron chi connectivity index (χ3n) is 1.34. The Morgan fingerprint density at radius 3 is 3.10 bits per heavy atom. The lowest BCUT2D eigenvalue weighted by molar-refractivity contribution is -0.110. The fraction of sp³-hybridized carbons (Fsp3) is 0.375. The Morgan fingerprint density at radius 1 is 1.80 bits per heavy atom. The topological polar surface area (TPSA) is 30.2 Å². The first-order valence-electron chi connectivity index (χ1n) is 3.30. The zero-order valence-electron chi connectivity index (χ0n) is 5.91. The molecule has 0 fully saturated rings. The van der Waals surface area contributed by atoms with Crippen molar-refractivity contribution in [2.75, 3.05) is 0 Å². The average molecular weight is 138 g/mol. The van der Waals surface area contributed by atoms with Crippen molar-refractivity contribution in [2.24, 2.45) is 5.92 Å². The van der Waals surface area contributed by atoms with Crippen molar-refractivity contribution in [3.63, 3.8) is 0 Å². The molecule has 54 valence electrons. The molecule has 1 atom stereocenters. The molecule has 1 rings (SSSR count). The number of hydrogen-bond donors (Lipinski definition) is 0. The molecule has 1 heterocycles. The highest BCUT2D eigenvalue weighted by atomic mass is 16.3. The van der Waals surface area contributed by atoms with Crippen LogP contribution in [0.2, 0.25) is 0 Å². The maximum absolute atomic E-state index is 10.2. The first-order valence-corrected chi connectivity index (χ1v) is 3.30. The summed E-state index contributed by atoms with van der Waals surface area (Å²) in [7, 11) is 0. The summed E-state index contributed by atoms with van der Waals surface area (Å²) in [6.45, 7) is 1.87. The molecule has 10 heavy (non-hydrogen) atoms. The molecule has 0 bridgehead atoms. The van der Waals surface area contributed by atoms with Crippen molar-refractivity contribution in [3.8, 4) is 0 Å². The zero-order chi connectivity index (χ0) is 7.40. The SMILES string of the molecule is CC(C=O)Cc1ccco1. The van der Waals surface area contributed by atoms with E-state index in [0.29, 0.717) is 6.42 Å². The molecule has 0 spiro atoms. The lowest BCUT2D eigenvalue weighted by Gasteiger charge is -1.96. The van der Waals surface area contributed by atoms with Crippen molar-refractivity contribution < 1.29 is 9.21 Å². The number of rotatable bonds is 3. The number of furan rings is 1. The standard InChI is InChI=1S/C8H10O2/c1-7(6-9)5-8-3-2-4-10-8/h2-4,6-7H,5H2,1H3. The van der Waals surface area contributed by atoms with Crippen molar-refractivity contribution in [3.05, 3.63) is 24.2 Å². The first-order chi connectivity index (χ1) is 4.83. The number of carbonyl (C=O) groups excluding carboxylic acids is 1. The summed E-state index contributed by atoms with van der Waals surface area (Å²) in [6, 6.07) is 3.70. The molecule has 2 nitrogen and oxygen atoms in total. The quantitative estimate of drug-likeness (QED) is 0.594. The van der Waals surface area contributed by atoms with Crippen LogP contribution in [0.15, 0.2) is 22.8 Å². The molecule has 0 amide bonds. The van der Waals surface area contributed by atoms with Gasteiger partial charge < -0.3 is 9.21 Å². The van der Waals surface area contributed by atoms with Crippen LogP contribution in [0.25, 0.3) is 0 Å². The highest BCUT2D eigenvalue weighted by Gasteiger charge is 2.02. The Bertz CT molecular complexity index is 189. The van der Waals surface area contributed by atoms with Crippen LogP contribution in [-0.4, -0.2) is 6.29 Å². The largest absolute Gasteiger partial charge is 0.469 e. The molecule has 0 saturated carbocycles. The smallest absolute Gasteiger partial charge is 0.123 e. The molecule has 1 aromatic rings. The molecular formula is C8H10O2. The summed E-state index contributed by atoms with van der Waals surface area (Å²) in [4.78, 5) is 10.2. The minimum absolute atomic E-state index is 0.0612. The summed E-state index contributed by atoms with van der Waals surface area (Å²) in [6.07, 6.45) is 3.26. The van der Waals surface area contributed by atoms with Crippen LogP contribution in [0.1, 0.15) is 12.7 Å². The van der Waals surface area contributed by atoms with E-state index in [4.69, 9.17) is 4.42 Å². The second kappa shape index (κ2) is 3.20. The lowest BCUT2D eigenvalue weighted by atomic mass is 10.1. The molecule has 0 aliphatic heterocycles. The lowest BCUT2D eigenvalue weighted by Crippen LogP contribution is -1.98. The average Bonchev–Trinajstić information content (AvgIpc) is 2.40. The Morgan fingerprint density at radius 2 is 2.60 bits per heavy atom. The van der Waals surface area contributed by atoms with Gasteiger partial charge in [-0.3, -0.25) is 0 Å². The molecule has 1 aromatic heterocycles. The summed E-state index contributed by atoms with van der Waals surface area (Å²) in [5, 5.41) is 0. The van der Waals surface area contributed by atoms with Crippen LogP contribution in [0.4, 0.5) is 0 Å². The number of carbonyl (C=O) groups is 1. The van der Waals surface area contributed by atoms with Crippen molar-refractivity contribution in [1.82, 2.24) is 0 Å². The first kappa shape index (κ1) is 7.06. The zero-order valence-corrected chi connectivity index (χ0v) is 5.91.